The zero-order chi connectivity index (χ0) is 15.5. The molecule has 0 spiro atoms. The molecule has 3 heteroatoms. The highest BCUT2D eigenvalue weighted by molar-refractivity contribution is 9.10. The van der Waals surface area contributed by atoms with Gasteiger partial charge in [-0.1, -0.05) is 66.7 Å². The Balaban J connectivity index is 2.23. The third-order valence-electron chi connectivity index (χ3n) is 3.39. The van der Waals surface area contributed by atoms with Crippen molar-refractivity contribution in [2.24, 2.45) is 5.73 Å². The van der Waals surface area contributed by atoms with E-state index < -0.39 is 0 Å². The Bertz CT molecular complexity index is 600. The summed E-state index contributed by atoms with van der Waals surface area (Å²) in [5, 5.41) is 0. The Kier molecular flexibility index (Phi) is 5.53. The predicted molar refractivity (Wildman–Crippen MR) is 96.2 cm³/mol. The molecule has 0 aromatic heterocycles. The Hall–Kier alpha value is -0.770. The molecule has 0 radical (unpaired) electrons. The smallest absolute Gasteiger partial charge is 0.0186 e. The van der Waals surface area contributed by atoms with Gasteiger partial charge in [-0.25, -0.2) is 0 Å². The molecule has 112 valence electrons. The third kappa shape index (κ3) is 4.60. The second-order valence-corrected chi connectivity index (χ2v) is 8.20. The summed E-state index contributed by atoms with van der Waals surface area (Å²) in [5.41, 5.74) is 8.58. The van der Waals surface area contributed by atoms with Gasteiger partial charge >= 0.3 is 0 Å². The van der Waals surface area contributed by atoms with Crippen LogP contribution in [0.1, 0.15) is 31.9 Å². The van der Waals surface area contributed by atoms with Crippen molar-refractivity contribution in [3.8, 4) is 0 Å². The van der Waals surface area contributed by atoms with Crippen LogP contribution in [0.25, 0.3) is 0 Å². The van der Waals surface area contributed by atoms with Gasteiger partial charge in [0.2, 0.25) is 0 Å². The highest BCUT2D eigenvalue weighted by atomic mass is 79.9. The molecule has 2 aromatic carbocycles. The van der Waals surface area contributed by atoms with E-state index in [0.717, 1.165) is 10.9 Å². The van der Waals surface area contributed by atoms with Gasteiger partial charge in [-0.3, -0.25) is 0 Å². The molecule has 2 rings (SSSR count). The summed E-state index contributed by atoms with van der Waals surface area (Å²) in [5.74, 6) is 0. The first-order valence-electron chi connectivity index (χ1n) is 7.17. The minimum Gasteiger partial charge on any atom is -0.330 e. The maximum Gasteiger partial charge on any atom is 0.0186 e. The minimum absolute atomic E-state index is 0.198. The molecular weight excluding hydrogens is 342 g/mol. The molecule has 21 heavy (non-hydrogen) atoms. The van der Waals surface area contributed by atoms with Crippen molar-refractivity contribution in [2.45, 2.75) is 42.4 Å². The lowest BCUT2D eigenvalue weighted by atomic mass is 9.87. The number of hydrogen-bond acceptors (Lipinski definition) is 2. The molecule has 0 saturated carbocycles. The van der Waals surface area contributed by atoms with Gasteiger partial charge in [0, 0.05) is 14.3 Å². The van der Waals surface area contributed by atoms with E-state index in [-0.39, 0.29) is 5.41 Å². The summed E-state index contributed by atoms with van der Waals surface area (Å²) in [6.45, 7) is 7.40. The second-order valence-electron chi connectivity index (χ2n) is 6.17. The maximum absolute atomic E-state index is 5.71. The van der Waals surface area contributed by atoms with Crippen LogP contribution in [0.3, 0.4) is 0 Å². The van der Waals surface area contributed by atoms with Crippen LogP contribution >= 0.6 is 27.7 Å². The Morgan fingerprint density at radius 1 is 1.05 bits per heavy atom. The molecule has 0 amide bonds. The number of halogens is 1. The fourth-order valence-corrected chi connectivity index (χ4v) is 3.66. The van der Waals surface area contributed by atoms with Gasteiger partial charge in [-0.2, -0.15) is 0 Å². The highest BCUT2D eigenvalue weighted by Gasteiger charge is 2.13. The van der Waals surface area contributed by atoms with Gasteiger partial charge in [-0.15, -0.1) is 0 Å². The highest BCUT2D eigenvalue weighted by Crippen LogP contribution is 2.34. The van der Waals surface area contributed by atoms with E-state index in [2.05, 4.69) is 79.2 Å². The van der Waals surface area contributed by atoms with Crippen LogP contribution < -0.4 is 5.73 Å². The van der Waals surface area contributed by atoms with Crippen LogP contribution in [-0.4, -0.2) is 6.54 Å². The van der Waals surface area contributed by atoms with E-state index in [9.17, 15) is 0 Å². The molecule has 0 bridgehead atoms. The van der Waals surface area contributed by atoms with Crippen molar-refractivity contribution in [1.29, 1.82) is 0 Å². The second kappa shape index (κ2) is 6.99. The Morgan fingerprint density at radius 2 is 1.71 bits per heavy atom. The predicted octanol–water partition coefficient (Wildman–Crippen LogP) is 5.40. The monoisotopic (exact) mass is 363 g/mol. The van der Waals surface area contributed by atoms with Gasteiger partial charge < -0.3 is 5.73 Å². The van der Waals surface area contributed by atoms with E-state index in [1.807, 2.05) is 0 Å². The number of benzene rings is 2. The fourth-order valence-electron chi connectivity index (χ4n) is 2.14. The number of nitrogens with two attached hydrogens (primary N) is 1. The average molecular weight is 364 g/mol. The Morgan fingerprint density at radius 3 is 2.29 bits per heavy atom. The SMILES string of the molecule is CC(C)(C)c1ccc(Sc2cc(Br)ccc2CCN)cc1. The van der Waals surface area contributed by atoms with Gasteiger partial charge in [-0.05, 0) is 53.8 Å². The first-order valence-corrected chi connectivity index (χ1v) is 8.78. The molecule has 1 nitrogen and oxygen atoms in total. The summed E-state index contributed by atoms with van der Waals surface area (Å²) in [7, 11) is 0. The summed E-state index contributed by atoms with van der Waals surface area (Å²) >= 11 is 5.36. The quantitative estimate of drug-likeness (QED) is 0.786. The Labute approximate surface area is 140 Å². The summed E-state index contributed by atoms with van der Waals surface area (Å²) < 4.78 is 1.11. The van der Waals surface area contributed by atoms with E-state index in [1.165, 1.54) is 20.9 Å². The molecule has 0 aliphatic rings. The summed E-state index contributed by atoms with van der Waals surface area (Å²) in [6.07, 6.45) is 0.912. The maximum atomic E-state index is 5.71. The normalized spacial score (nSPS) is 11.7. The van der Waals surface area contributed by atoms with Crippen LogP contribution in [0.4, 0.5) is 0 Å². The molecule has 0 aliphatic carbocycles. The van der Waals surface area contributed by atoms with Crippen molar-refractivity contribution >= 4 is 27.7 Å². The van der Waals surface area contributed by atoms with Crippen LogP contribution in [0, 0.1) is 0 Å². The first-order chi connectivity index (χ1) is 9.90. The van der Waals surface area contributed by atoms with E-state index in [4.69, 9.17) is 5.73 Å². The molecule has 0 heterocycles. The van der Waals surface area contributed by atoms with Crippen LogP contribution in [0.5, 0.6) is 0 Å². The molecule has 0 aliphatic heterocycles. The number of rotatable bonds is 4. The van der Waals surface area contributed by atoms with Crippen LogP contribution in [-0.2, 0) is 11.8 Å². The van der Waals surface area contributed by atoms with E-state index >= 15 is 0 Å². The summed E-state index contributed by atoms with van der Waals surface area (Å²) in [4.78, 5) is 2.54. The fraction of sp³-hybridized carbons (Fsp3) is 0.333. The lowest BCUT2D eigenvalue weighted by Gasteiger charge is -2.19. The van der Waals surface area contributed by atoms with Gasteiger partial charge in [0.25, 0.3) is 0 Å². The van der Waals surface area contributed by atoms with E-state index in [0.29, 0.717) is 6.54 Å². The standard InChI is InChI=1S/C18H22BrNS/c1-18(2,3)14-5-8-16(9-6-14)21-17-12-15(19)7-4-13(17)10-11-20/h4-9,12H,10-11,20H2,1-3H3. The topological polar surface area (TPSA) is 26.0 Å². The zero-order valence-electron chi connectivity index (χ0n) is 12.8. The number of hydrogen-bond donors (Lipinski definition) is 1. The molecule has 0 saturated heterocycles. The summed E-state index contributed by atoms with van der Waals surface area (Å²) in [6, 6.07) is 15.3. The molecule has 0 unspecified atom stereocenters. The minimum atomic E-state index is 0.198. The van der Waals surface area contributed by atoms with Crippen molar-refractivity contribution in [1.82, 2.24) is 0 Å². The van der Waals surface area contributed by atoms with Gasteiger partial charge in [0.15, 0.2) is 0 Å². The average Bonchev–Trinajstić information content (AvgIpc) is 2.42. The lowest BCUT2D eigenvalue weighted by molar-refractivity contribution is 0.590. The van der Waals surface area contributed by atoms with Crippen molar-refractivity contribution in [2.75, 3.05) is 6.54 Å². The largest absolute Gasteiger partial charge is 0.330 e. The van der Waals surface area contributed by atoms with Crippen molar-refractivity contribution < 1.29 is 0 Å². The van der Waals surface area contributed by atoms with Gasteiger partial charge in [0.05, 0.1) is 0 Å². The zero-order valence-corrected chi connectivity index (χ0v) is 15.2. The molecule has 2 N–H and O–H groups in total. The third-order valence-corrected chi connectivity index (χ3v) is 4.99. The van der Waals surface area contributed by atoms with Crippen LogP contribution in [0.15, 0.2) is 56.7 Å². The van der Waals surface area contributed by atoms with Crippen molar-refractivity contribution in [3.63, 3.8) is 0 Å². The molecule has 2 aromatic rings. The molecular formula is C18H22BrNS. The van der Waals surface area contributed by atoms with Crippen molar-refractivity contribution in [3.05, 3.63) is 58.1 Å². The first kappa shape index (κ1) is 16.6. The van der Waals surface area contributed by atoms with Crippen LogP contribution in [0.2, 0.25) is 0 Å². The van der Waals surface area contributed by atoms with Gasteiger partial charge in [0.1, 0.15) is 0 Å². The molecule has 0 atom stereocenters. The van der Waals surface area contributed by atoms with E-state index in [1.54, 1.807) is 11.8 Å². The molecule has 0 fully saturated rings. The lowest BCUT2D eigenvalue weighted by Crippen LogP contribution is -2.10.